The van der Waals surface area contributed by atoms with Crippen LogP contribution in [0.4, 0.5) is 11.5 Å². The molecule has 1 aromatic heterocycles. The van der Waals surface area contributed by atoms with Gasteiger partial charge in [0.05, 0.1) is 24.5 Å². The van der Waals surface area contributed by atoms with E-state index in [1.54, 1.807) is 7.11 Å². The van der Waals surface area contributed by atoms with E-state index in [1.807, 2.05) is 0 Å². The molecule has 0 bridgehead atoms. The molecule has 1 atom stereocenters. The maximum atomic E-state index is 5.70. The molecule has 1 unspecified atom stereocenters. The third-order valence-corrected chi connectivity index (χ3v) is 2.17. The summed E-state index contributed by atoms with van der Waals surface area (Å²) in [5.74, 6) is 0.555. The standard InChI is InChI=1S/C9H15ClN4O/c1-3-6(5-15-2)13-8-7(11)4-12-9(10)14-8/h4,6H,3,5,11H2,1-2H3,(H,12,13,14). The summed E-state index contributed by atoms with van der Waals surface area (Å²) >= 11 is 5.67. The van der Waals surface area contributed by atoms with Crippen LogP contribution in [-0.2, 0) is 4.74 Å². The number of ether oxygens (including phenoxy) is 1. The summed E-state index contributed by atoms with van der Waals surface area (Å²) in [6.07, 6.45) is 2.39. The minimum absolute atomic E-state index is 0.170. The lowest BCUT2D eigenvalue weighted by atomic mass is 10.2. The lowest BCUT2D eigenvalue weighted by molar-refractivity contribution is 0.184. The second-order valence-corrected chi connectivity index (χ2v) is 3.49. The lowest BCUT2D eigenvalue weighted by Crippen LogP contribution is -2.25. The third-order valence-electron chi connectivity index (χ3n) is 1.99. The summed E-state index contributed by atoms with van der Waals surface area (Å²) in [6.45, 7) is 2.65. The number of nitrogens with zero attached hydrogens (tertiary/aromatic N) is 2. The molecule has 6 heteroatoms. The highest BCUT2D eigenvalue weighted by molar-refractivity contribution is 6.28. The Bertz CT molecular complexity index is 321. The van der Waals surface area contributed by atoms with E-state index in [1.165, 1.54) is 6.20 Å². The first kappa shape index (κ1) is 12.0. The van der Waals surface area contributed by atoms with Crippen molar-refractivity contribution in [1.82, 2.24) is 9.97 Å². The largest absolute Gasteiger partial charge is 0.394 e. The van der Waals surface area contributed by atoms with Crippen molar-refractivity contribution < 1.29 is 4.74 Å². The van der Waals surface area contributed by atoms with Crippen molar-refractivity contribution in [1.29, 1.82) is 0 Å². The predicted octanol–water partition coefficient (Wildman–Crippen LogP) is 1.55. The maximum Gasteiger partial charge on any atom is 0.224 e. The van der Waals surface area contributed by atoms with E-state index in [-0.39, 0.29) is 11.3 Å². The molecule has 0 fully saturated rings. The molecule has 1 heterocycles. The Balaban J connectivity index is 2.73. The molecular formula is C9H15ClN4O. The first-order chi connectivity index (χ1) is 7.17. The van der Waals surface area contributed by atoms with Gasteiger partial charge in [-0.1, -0.05) is 6.92 Å². The molecule has 0 aromatic carbocycles. The van der Waals surface area contributed by atoms with Gasteiger partial charge >= 0.3 is 0 Å². The van der Waals surface area contributed by atoms with Crippen molar-refractivity contribution >= 4 is 23.1 Å². The van der Waals surface area contributed by atoms with Crippen LogP contribution in [0.25, 0.3) is 0 Å². The zero-order valence-corrected chi connectivity index (χ0v) is 9.58. The second-order valence-electron chi connectivity index (χ2n) is 3.15. The van der Waals surface area contributed by atoms with E-state index in [2.05, 4.69) is 22.2 Å². The maximum absolute atomic E-state index is 5.70. The Morgan fingerprint density at radius 1 is 1.67 bits per heavy atom. The van der Waals surface area contributed by atoms with E-state index < -0.39 is 0 Å². The average molecular weight is 231 g/mol. The third kappa shape index (κ3) is 3.53. The van der Waals surface area contributed by atoms with Crippen LogP contribution in [0, 0.1) is 0 Å². The number of nitrogens with two attached hydrogens (primary N) is 1. The van der Waals surface area contributed by atoms with Crippen LogP contribution in [0.2, 0.25) is 5.28 Å². The van der Waals surface area contributed by atoms with Crippen molar-refractivity contribution in [2.24, 2.45) is 0 Å². The molecule has 0 radical (unpaired) electrons. The van der Waals surface area contributed by atoms with Gasteiger partial charge in [-0.15, -0.1) is 0 Å². The molecule has 0 aliphatic carbocycles. The van der Waals surface area contributed by atoms with Crippen LogP contribution in [0.1, 0.15) is 13.3 Å². The minimum atomic E-state index is 0.170. The quantitative estimate of drug-likeness (QED) is 0.751. The van der Waals surface area contributed by atoms with Crippen molar-refractivity contribution in [3.8, 4) is 0 Å². The molecule has 5 nitrogen and oxygen atoms in total. The fraction of sp³-hybridized carbons (Fsp3) is 0.556. The Morgan fingerprint density at radius 3 is 3.00 bits per heavy atom. The zero-order valence-electron chi connectivity index (χ0n) is 8.83. The Labute approximate surface area is 94.0 Å². The molecule has 84 valence electrons. The highest BCUT2D eigenvalue weighted by atomic mass is 35.5. The van der Waals surface area contributed by atoms with Gasteiger partial charge in [0.1, 0.15) is 0 Å². The van der Waals surface area contributed by atoms with Gasteiger partial charge < -0.3 is 15.8 Å². The molecule has 3 N–H and O–H groups in total. The summed E-state index contributed by atoms with van der Waals surface area (Å²) < 4.78 is 5.06. The highest BCUT2D eigenvalue weighted by Crippen LogP contribution is 2.17. The molecule has 15 heavy (non-hydrogen) atoms. The number of hydrogen-bond donors (Lipinski definition) is 2. The van der Waals surface area contributed by atoms with Crippen LogP contribution in [0.15, 0.2) is 6.20 Å². The molecule has 0 amide bonds. The van der Waals surface area contributed by atoms with Gasteiger partial charge in [-0.05, 0) is 18.0 Å². The molecule has 0 aliphatic heterocycles. The summed E-state index contributed by atoms with van der Waals surface area (Å²) in [6, 6.07) is 0.170. The molecule has 1 rings (SSSR count). The Hall–Kier alpha value is -1.07. The van der Waals surface area contributed by atoms with Gasteiger partial charge in [0.15, 0.2) is 5.82 Å². The highest BCUT2D eigenvalue weighted by Gasteiger charge is 2.09. The molecule has 1 aromatic rings. The molecular weight excluding hydrogens is 216 g/mol. The Kier molecular flexibility index (Phi) is 4.58. The summed E-state index contributed by atoms with van der Waals surface area (Å²) in [7, 11) is 1.65. The van der Waals surface area contributed by atoms with E-state index >= 15 is 0 Å². The van der Waals surface area contributed by atoms with Crippen LogP contribution in [-0.4, -0.2) is 29.7 Å². The second kappa shape index (κ2) is 5.72. The topological polar surface area (TPSA) is 73.1 Å². The minimum Gasteiger partial charge on any atom is -0.394 e. The number of hydrogen-bond acceptors (Lipinski definition) is 5. The number of rotatable bonds is 5. The Morgan fingerprint density at radius 2 is 2.40 bits per heavy atom. The van der Waals surface area contributed by atoms with Gasteiger partial charge in [-0.3, -0.25) is 0 Å². The van der Waals surface area contributed by atoms with Crippen molar-refractivity contribution in [2.45, 2.75) is 19.4 Å². The number of anilines is 2. The van der Waals surface area contributed by atoms with E-state index in [0.29, 0.717) is 18.1 Å². The van der Waals surface area contributed by atoms with Crippen LogP contribution in [0.5, 0.6) is 0 Å². The van der Waals surface area contributed by atoms with Crippen LogP contribution in [0.3, 0.4) is 0 Å². The van der Waals surface area contributed by atoms with Gasteiger partial charge in [0.2, 0.25) is 5.28 Å². The smallest absolute Gasteiger partial charge is 0.224 e. The molecule has 0 spiro atoms. The predicted molar refractivity (Wildman–Crippen MR) is 61.0 cm³/mol. The van der Waals surface area contributed by atoms with Crippen molar-refractivity contribution in [3.63, 3.8) is 0 Å². The number of nitrogens with one attached hydrogen (secondary N) is 1. The summed E-state index contributed by atoms with van der Waals surface area (Å²) in [4.78, 5) is 7.78. The van der Waals surface area contributed by atoms with Crippen LogP contribution < -0.4 is 11.1 Å². The van der Waals surface area contributed by atoms with Gasteiger partial charge in [0.25, 0.3) is 0 Å². The number of aromatic nitrogens is 2. The fourth-order valence-electron chi connectivity index (χ4n) is 1.14. The fourth-order valence-corrected chi connectivity index (χ4v) is 1.27. The first-order valence-corrected chi connectivity index (χ1v) is 5.08. The first-order valence-electron chi connectivity index (χ1n) is 4.70. The van der Waals surface area contributed by atoms with Crippen molar-refractivity contribution in [3.05, 3.63) is 11.5 Å². The number of nitrogen functional groups attached to an aromatic ring is 1. The van der Waals surface area contributed by atoms with Gasteiger partial charge in [-0.25, -0.2) is 4.98 Å². The normalized spacial score (nSPS) is 12.5. The monoisotopic (exact) mass is 230 g/mol. The number of halogens is 1. The van der Waals surface area contributed by atoms with Gasteiger partial charge in [-0.2, -0.15) is 4.98 Å². The van der Waals surface area contributed by atoms with Crippen molar-refractivity contribution in [2.75, 3.05) is 24.8 Å². The summed E-state index contributed by atoms with van der Waals surface area (Å²) in [5, 5.41) is 3.33. The summed E-state index contributed by atoms with van der Waals surface area (Å²) in [5.41, 5.74) is 6.18. The molecule has 0 saturated carbocycles. The van der Waals surface area contributed by atoms with E-state index in [0.717, 1.165) is 6.42 Å². The zero-order chi connectivity index (χ0) is 11.3. The van der Waals surface area contributed by atoms with E-state index in [9.17, 15) is 0 Å². The number of methoxy groups -OCH3 is 1. The average Bonchev–Trinajstić information content (AvgIpc) is 2.22. The molecule has 0 saturated heterocycles. The van der Waals surface area contributed by atoms with Gasteiger partial charge in [0, 0.05) is 7.11 Å². The van der Waals surface area contributed by atoms with Crippen LogP contribution >= 0.6 is 11.6 Å². The molecule has 0 aliphatic rings. The van der Waals surface area contributed by atoms with E-state index in [4.69, 9.17) is 22.1 Å². The SMILES string of the molecule is CCC(COC)Nc1nc(Cl)ncc1N. The lowest BCUT2D eigenvalue weighted by Gasteiger charge is -2.17.